The first-order valence-electron chi connectivity index (χ1n) is 9.73. The minimum atomic E-state index is -3.66. The van der Waals surface area contributed by atoms with Crippen molar-refractivity contribution in [1.29, 1.82) is 0 Å². The van der Waals surface area contributed by atoms with Gasteiger partial charge in [0.15, 0.2) is 0 Å². The molecule has 10 heteroatoms. The van der Waals surface area contributed by atoms with Gasteiger partial charge in [-0.1, -0.05) is 12.1 Å². The number of anilines is 1. The molecule has 0 bridgehead atoms. The van der Waals surface area contributed by atoms with Crippen molar-refractivity contribution >= 4 is 21.6 Å². The summed E-state index contributed by atoms with van der Waals surface area (Å²) in [5.41, 5.74) is 1.07. The summed E-state index contributed by atoms with van der Waals surface area (Å²) in [5.74, 6) is -0.311. The van der Waals surface area contributed by atoms with Crippen molar-refractivity contribution in [2.75, 3.05) is 18.4 Å². The molecule has 1 fully saturated rings. The van der Waals surface area contributed by atoms with Gasteiger partial charge >= 0.3 is 6.61 Å². The minimum absolute atomic E-state index is 0.0139. The Balaban J connectivity index is 1.60. The highest BCUT2D eigenvalue weighted by Crippen LogP contribution is 2.23. The number of sulfonamides is 1. The van der Waals surface area contributed by atoms with Gasteiger partial charge in [0, 0.05) is 18.8 Å². The van der Waals surface area contributed by atoms with E-state index in [1.54, 1.807) is 0 Å². The zero-order valence-electron chi connectivity index (χ0n) is 17.1. The first kappa shape index (κ1) is 23.1. The molecule has 2 aromatic carbocycles. The fourth-order valence-electron chi connectivity index (χ4n) is 3.37. The summed E-state index contributed by atoms with van der Waals surface area (Å²) in [6.45, 7) is 1.32. The number of ether oxygens (including phenoxy) is 2. The van der Waals surface area contributed by atoms with Crippen molar-refractivity contribution in [2.24, 2.45) is 0 Å². The van der Waals surface area contributed by atoms with Gasteiger partial charge in [-0.15, -0.1) is 0 Å². The molecule has 0 aliphatic carbocycles. The molecule has 168 valence electrons. The van der Waals surface area contributed by atoms with Crippen LogP contribution in [0.15, 0.2) is 53.4 Å². The Morgan fingerprint density at radius 2 is 1.68 bits per heavy atom. The average Bonchev–Trinajstić information content (AvgIpc) is 2.69. The molecule has 3 rings (SSSR count). The summed E-state index contributed by atoms with van der Waals surface area (Å²) in [4.78, 5) is 12.4. The predicted molar refractivity (Wildman–Crippen MR) is 111 cm³/mol. The number of amides is 1. The van der Waals surface area contributed by atoms with E-state index in [4.69, 9.17) is 4.74 Å². The normalized spacial score (nSPS) is 19.9. The lowest BCUT2D eigenvalue weighted by atomic mass is 10.1. The maximum atomic E-state index is 12.9. The number of carbonyl (C=O) groups is 1. The largest absolute Gasteiger partial charge is 0.435 e. The van der Waals surface area contributed by atoms with Crippen LogP contribution in [0.3, 0.4) is 0 Å². The molecular weight excluding hydrogens is 430 g/mol. The number of nitrogens with zero attached hydrogens (tertiary/aromatic N) is 1. The van der Waals surface area contributed by atoms with Gasteiger partial charge in [0.05, 0.1) is 23.5 Å². The molecule has 1 aliphatic heterocycles. The summed E-state index contributed by atoms with van der Waals surface area (Å²) in [5, 5.41) is 2.69. The van der Waals surface area contributed by atoms with Crippen LogP contribution in [-0.4, -0.2) is 50.5 Å². The Morgan fingerprint density at radius 3 is 2.23 bits per heavy atom. The van der Waals surface area contributed by atoms with Crippen LogP contribution in [0, 0.1) is 0 Å². The summed E-state index contributed by atoms with van der Waals surface area (Å²) in [6.07, 6.45) is -0.348. The van der Waals surface area contributed by atoms with E-state index in [9.17, 15) is 22.0 Å². The second kappa shape index (κ2) is 9.71. The van der Waals surface area contributed by atoms with Gasteiger partial charge in [0.1, 0.15) is 5.75 Å². The van der Waals surface area contributed by atoms with Gasteiger partial charge in [0.25, 0.3) is 0 Å². The Labute approximate surface area is 180 Å². The van der Waals surface area contributed by atoms with Crippen molar-refractivity contribution in [3.8, 4) is 5.75 Å². The molecule has 0 spiro atoms. The molecule has 2 aromatic rings. The number of carbonyl (C=O) groups excluding carboxylic acids is 1. The summed E-state index contributed by atoms with van der Waals surface area (Å²) < 4.78 is 61.4. The molecular formula is C21H24F2N2O5S. The molecule has 1 aliphatic rings. The van der Waals surface area contributed by atoms with Gasteiger partial charge < -0.3 is 14.8 Å². The Bertz CT molecular complexity index is 987. The minimum Gasteiger partial charge on any atom is -0.435 e. The van der Waals surface area contributed by atoms with E-state index in [-0.39, 0.29) is 48.3 Å². The highest BCUT2D eigenvalue weighted by Gasteiger charge is 2.32. The average molecular weight is 454 g/mol. The second-order valence-corrected chi connectivity index (χ2v) is 9.29. The summed E-state index contributed by atoms with van der Waals surface area (Å²) >= 11 is 0. The fourth-order valence-corrected chi connectivity index (χ4v) is 4.96. The van der Waals surface area contributed by atoms with Crippen LogP contribution in [0.4, 0.5) is 14.5 Å². The molecule has 1 N–H and O–H groups in total. The van der Waals surface area contributed by atoms with Gasteiger partial charge in [-0.25, -0.2) is 8.42 Å². The second-order valence-electron chi connectivity index (χ2n) is 7.35. The maximum Gasteiger partial charge on any atom is 0.387 e. The number of nitrogens with one attached hydrogen (secondary N) is 1. The molecule has 1 amide bonds. The van der Waals surface area contributed by atoms with E-state index in [1.165, 1.54) is 52.8 Å². The van der Waals surface area contributed by atoms with Crippen LogP contribution >= 0.6 is 0 Å². The van der Waals surface area contributed by atoms with E-state index < -0.39 is 16.6 Å². The third-order valence-corrected chi connectivity index (χ3v) is 6.52. The standard InChI is InChI=1S/C21H24F2N2O5S/c1-14-12-25(13-15(2)29-14)31(27,28)19-9-5-17(6-10-19)24-20(26)11-16-3-7-18(8-4-16)30-21(22)23/h3-10,14-15,21H,11-13H2,1-2H3,(H,24,26). The molecule has 31 heavy (non-hydrogen) atoms. The van der Waals surface area contributed by atoms with Crippen LogP contribution < -0.4 is 10.1 Å². The van der Waals surface area contributed by atoms with Gasteiger partial charge in [-0.3, -0.25) is 4.79 Å². The van der Waals surface area contributed by atoms with Crippen LogP contribution in [0.2, 0.25) is 0 Å². The summed E-state index contributed by atoms with van der Waals surface area (Å²) in [7, 11) is -3.66. The van der Waals surface area contributed by atoms with Crippen molar-refractivity contribution in [3.63, 3.8) is 0 Å². The van der Waals surface area contributed by atoms with Crippen LogP contribution in [0.5, 0.6) is 5.75 Å². The highest BCUT2D eigenvalue weighted by molar-refractivity contribution is 7.89. The first-order valence-corrected chi connectivity index (χ1v) is 11.2. The van der Waals surface area contributed by atoms with Crippen LogP contribution in [-0.2, 0) is 26.0 Å². The number of halogens is 2. The number of rotatable bonds is 7. The number of alkyl halides is 2. The Kier molecular flexibility index (Phi) is 7.24. The highest BCUT2D eigenvalue weighted by atomic mass is 32.2. The SMILES string of the molecule is CC1CN(S(=O)(=O)c2ccc(NC(=O)Cc3ccc(OC(F)F)cc3)cc2)CC(C)O1. The van der Waals surface area contributed by atoms with E-state index in [1.807, 2.05) is 13.8 Å². The van der Waals surface area contributed by atoms with E-state index in [2.05, 4.69) is 10.1 Å². The molecule has 1 saturated heterocycles. The van der Waals surface area contributed by atoms with Crippen molar-refractivity contribution in [3.05, 3.63) is 54.1 Å². The smallest absolute Gasteiger partial charge is 0.387 e. The monoisotopic (exact) mass is 454 g/mol. The fraction of sp³-hybridized carbons (Fsp3) is 0.381. The third-order valence-electron chi connectivity index (χ3n) is 4.68. The summed E-state index contributed by atoms with van der Waals surface area (Å²) in [6, 6.07) is 11.7. The van der Waals surface area contributed by atoms with Crippen LogP contribution in [0.1, 0.15) is 19.4 Å². The van der Waals surface area contributed by atoms with E-state index in [0.717, 1.165) is 0 Å². The van der Waals surface area contributed by atoms with Gasteiger partial charge in [0.2, 0.25) is 15.9 Å². The lowest BCUT2D eigenvalue weighted by molar-refractivity contribution is -0.115. The van der Waals surface area contributed by atoms with Crippen molar-refractivity contribution < 1.29 is 31.5 Å². The number of morpholine rings is 1. The van der Waals surface area contributed by atoms with Crippen molar-refractivity contribution in [2.45, 2.75) is 44.0 Å². The lowest BCUT2D eigenvalue weighted by Gasteiger charge is -2.34. The van der Waals surface area contributed by atoms with Crippen molar-refractivity contribution in [1.82, 2.24) is 4.31 Å². The number of hydrogen-bond donors (Lipinski definition) is 1. The number of benzene rings is 2. The quantitative estimate of drug-likeness (QED) is 0.694. The zero-order valence-corrected chi connectivity index (χ0v) is 17.9. The van der Waals surface area contributed by atoms with Gasteiger partial charge in [-0.2, -0.15) is 13.1 Å². The predicted octanol–water partition coefficient (Wildman–Crippen LogP) is 3.27. The molecule has 2 atom stereocenters. The first-order chi connectivity index (χ1) is 14.6. The lowest BCUT2D eigenvalue weighted by Crippen LogP contribution is -2.48. The van der Waals surface area contributed by atoms with Gasteiger partial charge in [-0.05, 0) is 55.8 Å². The molecule has 0 radical (unpaired) electrons. The Morgan fingerprint density at radius 1 is 1.10 bits per heavy atom. The topological polar surface area (TPSA) is 84.9 Å². The molecule has 0 aromatic heterocycles. The molecule has 1 heterocycles. The third kappa shape index (κ3) is 6.22. The van der Waals surface area contributed by atoms with E-state index in [0.29, 0.717) is 11.3 Å². The Hall–Kier alpha value is -2.56. The molecule has 2 unspecified atom stereocenters. The molecule has 7 nitrogen and oxygen atoms in total. The van der Waals surface area contributed by atoms with Crippen LogP contribution in [0.25, 0.3) is 0 Å². The zero-order chi connectivity index (χ0) is 22.6. The maximum absolute atomic E-state index is 12.9. The number of hydrogen-bond acceptors (Lipinski definition) is 5. The van der Waals surface area contributed by atoms with E-state index >= 15 is 0 Å². The molecule has 0 saturated carbocycles.